The maximum Gasteiger partial charge on any atom is 0.224 e. The van der Waals surface area contributed by atoms with E-state index in [1.165, 1.54) is 5.56 Å². The van der Waals surface area contributed by atoms with E-state index < -0.39 is 0 Å². The van der Waals surface area contributed by atoms with Gasteiger partial charge in [0.25, 0.3) is 0 Å². The molecule has 0 bridgehead atoms. The summed E-state index contributed by atoms with van der Waals surface area (Å²) in [5.74, 6) is 0.112. The lowest BCUT2D eigenvalue weighted by Crippen LogP contribution is -2.24. The summed E-state index contributed by atoms with van der Waals surface area (Å²) in [6, 6.07) is 7.77. The van der Waals surface area contributed by atoms with E-state index in [1.807, 2.05) is 26.8 Å². The summed E-state index contributed by atoms with van der Waals surface area (Å²) in [5, 5.41) is 3.10. The van der Waals surface area contributed by atoms with Gasteiger partial charge < -0.3 is 15.0 Å². The Morgan fingerprint density at radius 3 is 2.44 bits per heavy atom. The molecular weight excluding hydrogens is 403 g/mol. The number of aryl methyl sites for hydroxylation is 3. The molecule has 1 amide bonds. The molecule has 0 aliphatic carbocycles. The van der Waals surface area contributed by atoms with Crippen LogP contribution in [0.2, 0.25) is 0 Å². The van der Waals surface area contributed by atoms with Crippen molar-refractivity contribution in [3.8, 4) is 5.75 Å². The van der Waals surface area contributed by atoms with Gasteiger partial charge in [0, 0.05) is 30.9 Å². The van der Waals surface area contributed by atoms with Gasteiger partial charge in [-0.2, -0.15) is 0 Å². The molecule has 0 spiro atoms. The number of rotatable bonds is 6. The molecule has 4 nitrogen and oxygen atoms in total. The van der Waals surface area contributed by atoms with Gasteiger partial charge in [-0.1, -0.05) is 27.7 Å². The third-order valence-electron chi connectivity index (χ3n) is 5.79. The summed E-state index contributed by atoms with van der Waals surface area (Å²) in [6.45, 7) is 14.4. The number of carbonyl (C=O) groups excluding carboxylic acids is 1. The lowest BCUT2D eigenvalue weighted by molar-refractivity contribution is -0.117. The maximum atomic E-state index is 14.6. The van der Waals surface area contributed by atoms with Crippen LogP contribution in [0.4, 0.5) is 15.8 Å². The molecule has 5 heteroatoms. The Labute approximate surface area is 192 Å². The number of nitrogens with zero attached hydrogens (tertiary/aromatic N) is 1. The first-order chi connectivity index (χ1) is 15.1. The molecule has 0 fully saturated rings. The predicted octanol–water partition coefficient (Wildman–Crippen LogP) is 6.56. The number of fused-ring (bicyclic) bond motifs is 1. The highest BCUT2D eigenvalue weighted by Crippen LogP contribution is 2.32. The van der Waals surface area contributed by atoms with Crippen LogP contribution in [0.1, 0.15) is 69.2 Å². The van der Waals surface area contributed by atoms with Crippen molar-refractivity contribution < 1.29 is 13.9 Å². The van der Waals surface area contributed by atoms with Crippen LogP contribution in [0.5, 0.6) is 5.75 Å². The van der Waals surface area contributed by atoms with Gasteiger partial charge in [-0.25, -0.2) is 4.39 Å². The Balaban J connectivity index is 1.81. The third kappa shape index (κ3) is 6.02. The Morgan fingerprint density at radius 2 is 1.81 bits per heavy atom. The summed E-state index contributed by atoms with van der Waals surface area (Å²) < 4.78 is 20.2. The zero-order chi connectivity index (χ0) is 23.5. The summed E-state index contributed by atoms with van der Waals surface area (Å²) in [4.78, 5) is 14.8. The van der Waals surface area contributed by atoms with E-state index in [4.69, 9.17) is 4.74 Å². The quantitative estimate of drug-likeness (QED) is 0.553. The highest BCUT2D eigenvalue weighted by Gasteiger charge is 2.21. The predicted molar refractivity (Wildman–Crippen MR) is 130 cm³/mol. The van der Waals surface area contributed by atoms with E-state index in [2.05, 4.69) is 43.1 Å². The van der Waals surface area contributed by atoms with Crippen LogP contribution >= 0.6 is 0 Å². The molecule has 2 aromatic carbocycles. The first kappa shape index (κ1) is 24.1. The molecule has 1 aliphatic rings. The second kappa shape index (κ2) is 9.93. The van der Waals surface area contributed by atoms with Gasteiger partial charge >= 0.3 is 0 Å². The maximum absolute atomic E-state index is 14.6. The number of ether oxygens (including phenoxy) is 1. The molecule has 0 saturated heterocycles. The van der Waals surface area contributed by atoms with Gasteiger partial charge in [-0.3, -0.25) is 4.79 Å². The van der Waals surface area contributed by atoms with Crippen molar-refractivity contribution in [2.24, 2.45) is 5.41 Å². The number of carbonyl (C=O) groups is 1. The van der Waals surface area contributed by atoms with Gasteiger partial charge in [0.15, 0.2) is 11.6 Å². The molecular formula is C27H37FN2O2. The molecule has 32 heavy (non-hydrogen) atoms. The van der Waals surface area contributed by atoms with Crippen molar-refractivity contribution in [3.63, 3.8) is 0 Å². The van der Waals surface area contributed by atoms with Gasteiger partial charge in [0.2, 0.25) is 5.91 Å². The lowest BCUT2D eigenvalue weighted by Gasteiger charge is -2.26. The molecule has 174 valence electrons. The van der Waals surface area contributed by atoms with Crippen LogP contribution in [0.15, 0.2) is 24.3 Å². The van der Waals surface area contributed by atoms with E-state index in [0.717, 1.165) is 53.9 Å². The lowest BCUT2D eigenvalue weighted by atomic mass is 9.92. The van der Waals surface area contributed by atoms with E-state index >= 15 is 0 Å². The summed E-state index contributed by atoms with van der Waals surface area (Å²) in [5.41, 5.74) is 6.21. The fraction of sp³-hybridized carbons (Fsp3) is 0.519. The van der Waals surface area contributed by atoms with Gasteiger partial charge in [0.1, 0.15) is 0 Å². The highest BCUT2D eigenvalue weighted by atomic mass is 19.1. The summed E-state index contributed by atoms with van der Waals surface area (Å²) >= 11 is 0. The van der Waals surface area contributed by atoms with Gasteiger partial charge in [-0.05, 0) is 85.0 Å². The number of hydrogen-bond donors (Lipinski definition) is 1. The first-order valence-electron chi connectivity index (χ1n) is 11.7. The molecule has 3 rings (SSSR count). The number of nitrogens with one attached hydrogen (secondary N) is 1. The van der Waals surface area contributed by atoms with E-state index in [-0.39, 0.29) is 17.1 Å². The molecule has 1 heterocycles. The topological polar surface area (TPSA) is 41.6 Å². The molecule has 1 aliphatic heterocycles. The Bertz CT molecular complexity index is 955. The summed E-state index contributed by atoms with van der Waals surface area (Å²) in [6.07, 6.45) is 3.24. The average molecular weight is 441 g/mol. The van der Waals surface area contributed by atoms with Crippen LogP contribution in [0.25, 0.3) is 0 Å². The summed E-state index contributed by atoms with van der Waals surface area (Å²) in [7, 11) is 0. The van der Waals surface area contributed by atoms with Crippen LogP contribution in [-0.4, -0.2) is 19.1 Å². The second-order valence-corrected chi connectivity index (χ2v) is 10.2. The van der Waals surface area contributed by atoms with Crippen LogP contribution in [0.3, 0.4) is 0 Å². The fourth-order valence-corrected chi connectivity index (χ4v) is 4.29. The van der Waals surface area contributed by atoms with Crippen molar-refractivity contribution in [1.82, 2.24) is 0 Å². The highest BCUT2D eigenvalue weighted by molar-refractivity contribution is 5.93. The molecule has 0 aromatic heterocycles. The van der Waals surface area contributed by atoms with Crippen LogP contribution in [-0.2, 0) is 17.8 Å². The number of halogens is 1. The average Bonchev–Trinajstić information content (AvgIpc) is 2.89. The SMILES string of the molecule is CCCOc1cc2c(cc1F)CN(c1cc(C)c(NC(=O)CC(C)(C)C)c(C)c1)CCC2. The van der Waals surface area contributed by atoms with Crippen LogP contribution in [0, 0.1) is 25.1 Å². The molecule has 1 N–H and O–H groups in total. The van der Waals surface area contributed by atoms with Gasteiger partial charge in [-0.15, -0.1) is 0 Å². The number of benzene rings is 2. The minimum Gasteiger partial charge on any atom is -0.491 e. The Hall–Kier alpha value is -2.56. The molecule has 0 saturated carbocycles. The van der Waals surface area contributed by atoms with E-state index in [9.17, 15) is 9.18 Å². The first-order valence-corrected chi connectivity index (χ1v) is 11.7. The minimum atomic E-state index is -0.289. The third-order valence-corrected chi connectivity index (χ3v) is 5.79. The molecule has 2 aromatic rings. The van der Waals surface area contributed by atoms with Crippen LogP contribution < -0.4 is 15.0 Å². The standard InChI is InChI=1S/C27H37FN2O2/c1-7-11-32-24-15-20-9-8-10-30(17-21(20)14-23(24)28)22-12-18(2)26(19(3)13-22)29-25(31)16-27(4,5)6/h12-15H,7-11,16-17H2,1-6H3,(H,29,31). The fourth-order valence-electron chi connectivity index (χ4n) is 4.29. The number of amides is 1. The molecule has 0 atom stereocenters. The zero-order valence-corrected chi connectivity index (χ0v) is 20.4. The molecule has 0 radical (unpaired) electrons. The van der Waals surface area contributed by atoms with Crippen molar-refractivity contribution in [1.29, 1.82) is 0 Å². The normalized spacial score (nSPS) is 14.0. The minimum absolute atomic E-state index is 0.0386. The monoisotopic (exact) mass is 440 g/mol. The molecule has 0 unspecified atom stereocenters. The number of anilines is 2. The van der Waals surface area contributed by atoms with Crippen molar-refractivity contribution in [2.45, 2.75) is 73.8 Å². The Kier molecular flexibility index (Phi) is 7.47. The van der Waals surface area contributed by atoms with Crippen molar-refractivity contribution >= 4 is 17.3 Å². The van der Waals surface area contributed by atoms with E-state index in [0.29, 0.717) is 25.3 Å². The second-order valence-electron chi connectivity index (χ2n) is 10.2. The number of hydrogen-bond acceptors (Lipinski definition) is 3. The van der Waals surface area contributed by atoms with Gasteiger partial charge in [0.05, 0.1) is 6.61 Å². The Morgan fingerprint density at radius 1 is 1.12 bits per heavy atom. The van der Waals surface area contributed by atoms with E-state index in [1.54, 1.807) is 6.07 Å². The van der Waals surface area contributed by atoms with Crippen molar-refractivity contribution in [2.75, 3.05) is 23.4 Å². The largest absolute Gasteiger partial charge is 0.491 e. The van der Waals surface area contributed by atoms with Crippen molar-refractivity contribution in [3.05, 3.63) is 52.3 Å². The smallest absolute Gasteiger partial charge is 0.224 e. The zero-order valence-electron chi connectivity index (χ0n) is 20.4.